The molecular weight excluding hydrogens is 228 g/mol. The summed E-state index contributed by atoms with van der Waals surface area (Å²) in [5, 5.41) is 8.35. The second kappa shape index (κ2) is 4.49. The molecule has 1 aliphatic heterocycles. The molecule has 1 fully saturated rings. The Hall–Kier alpha value is -1.75. The second-order valence-corrected chi connectivity index (χ2v) is 5.01. The van der Waals surface area contributed by atoms with Crippen molar-refractivity contribution in [1.29, 1.82) is 0 Å². The number of rotatable bonds is 3. The Bertz CT molecular complexity index is 577. The topological polar surface area (TPSA) is 50.5 Å². The number of hydrogen-bond acceptors (Lipinski definition) is 4. The fourth-order valence-corrected chi connectivity index (χ4v) is 2.67. The van der Waals surface area contributed by atoms with Crippen molar-refractivity contribution in [1.82, 2.24) is 19.5 Å². The van der Waals surface area contributed by atoms with Gasteiger partial charge in [-0.05, 0) is 38.1 Å². The summed E-state index contributed by atoms with van der Waals surface area (Å²) in [6, 6.07) is 3.63. The van der Waals surface area contributed by atoms with E-state index >= 15 is 0 Å². The molecule has 3 heterocycles. The van der Waals surface area contributed by atoms with Crippen LogP contribution in [0, 0.1) is 5.92 Å². The van der Waals surface area contributed by atoms with Crippen LogP contribution in [0.2, 0.25) is 0 Å². The maximum absolute atomic E-state index is 10.9. The summed E-state index contributed by atoms with van der Waals surface area (Å²) in [6.07, 6.45) is 4.89. The molecule has 3 rings (SSSR count). The average molecular weight is 244 g/mol. The second-order valence-electron chi connectivity index (χ2n) is 5.01. The van der Waals surface area contributed by atoms with E-state index in [0.29, 0.717) is 17.1 Å². The number of pyridine rings is 1. The Morgan fingerprint density at radius 1 is 1.50 bits per heavy atom. The molecule has 5 nitrogen and oxygen atoms in total. The summed E-state index contributed by atoms with van der Waals surface area (Å²) in [6.45, 7) is 2.27. The minimum atomic E-state index is 0.597. The van der Waals surface area contributed by atoms with Crippen molar-refractivity contribution in [2.24, 2.45) is 5.92 Å². The molecule has 1 unspecified atom stereocenters. The van der Waals surface area contributed by atoms with Crippen LogP contribution in [0.25, 0.3) is 5.65 Å². The van der Waals surface area contributed by atoms with Gasteiger partial charge in [-0.1, -0.05) is 0 Å². The lowest BCUT2D eigenvalue weighted by Gasteiger charge is -2.08. The number of hydrogen-bond donors (Lipinski definition) is 0. The highest BCUT2D eigenvalue weighted by Gasteiger charge is 2.22. The van der Waals surface area contributed by atoms with Gasteiger partial charge in [-0.3, -0.25) is 9.20 Å². The van der Waals surface area contributed by atoms with Crippen molar-refractivity contribution < 1.29 is 4.79 Å². The Balaban J connectivity index is 1.91. The Labute approximate surface area is 105 Å². The van der Waals surface area contributed by atoms with Gasteiger partial charge >= 0.3 is 0 Å². The van der Waals surface area contributed by atoms with Crippen molar-refractivity contribution in [2.75, 3.05) is 20.1 Å². The summed E-state index contributed by atoms with van der Waals surface area (Å²) < 4.78 is 1.93. The smallest absolute Gasteiger partial charge is 0.171 e. The van der Waals surface area contributed by atoms with Crippen LogP contribution >= 0.6 is 0 Å². The summed E-state index contributed by atoms with van der Waals surface area (Å²) >= 11 is 0. The molecule has 94 valence electrons. The van der Waals surface area contributed by atoms with Crippen molar-refractivity contribution in [3.05, 3.63) is 29.7 Å². The molecule has 2 aromatic heterocycles. The molecule has 1 atom stereocenters. The normalized spacial score (nSPS) is 20.6. The highest BCUT2D eigenvalue weighted by molar-refractivity contribution is 5.83. The van der Waals surface area contributed by atoms with Gasteiger partial charge in [0.1, 0.15) is 5.82 Å². The van der Waals surface area contributed by atoms with Crippen LogP contribution in [0.15, 0.2) is 18.3 Å². The van der Waals surface area contributed by atoms with Crippen molar-refractivity contribution >= 4 is 11.9 Å². The first kappa shape index (κ1) is 11.3. The molecule has 0 saturated carbocycles. The van der Waals surface area contributed by atoms with Crippen LogP contribution in [0.3, 0.4) is 0 Å². The van der Waals surface area contributed by atoms with E-state index in [9.17, 15) is 4.79 Å². The van der Waals surface area contributed by atoms with Gasteiger partial charge in [0, 0.05) is 19.2 Å². The molecular formula is C13H16N4O. The lowest BCUT2D eigenvalue weighted by atomic mass is 10.0. The minimum absolute atomic E-state index is 0.597. The van der Waals surface area contributed by atoms with Gasteiger partial charge in [-0.25, -0.2) is 0 Å². The molecule has 2 aromatic rings. The molecule has 1 saturated heterocycles. The van der Waals surface area contributed by atoms with Crippen LogP contribution in [-0.4, -0.2) is 45.9 Å². The number of aldehydes is 1. The molecule has 0 radical (unpaired) electrons. The van der Waals surface area contributed by atoms with Gasteiger partial charge in [0.2, 0.25) is 0 Å². The fourth-order valence-electron chi connectivity index (χ4n) is 2.67. The lowest BCUT2D eigenvalue weighted by Crippen LogP contribution is -2.15. The summed E-state index contributed by atoms with van der Waals surface area (Å²) in [5.74, 6) is 1.59. The number of likely N-dealkylation sites (tertiary alicyclic amines) is 1. The Kier molecular flexibility index (Phi) is 2.83. The summed E-state index contributed by atoms with van der Waals surface area (Å²) in [5.41, 5.74) is 1.26. The number of aromatic nitrogens is 3. The van der Waals surface area contributed by atoms with Crippen LogP contribution in [0.1, 0.15) is 22.6 Å². The van der Waals surface area contributed by atoms with Gasteiger partial charge in [0.25, 0.3) is 0 Å². The molecule has 0 aliphatic carbocycles. The van der Waals surface area contributed by atoms with Crippen LogP contribution < -0.4 is 0 Å². The molecule has 0 amide bonds. The van der Waals surface area contributed by atoms with E-state index in [0.717, 1.165) is 31.6 Å². The van der Waals surface area contributed by atoms with Gasteiger partial charge in [-0.15, -0.1) is 10.2 Å². The number of nitrogens with zero attached hydrogens (tertiary/aromatic N) is 4. The first-order valence-corrected chi connectivity index (χ1v) is 6.24. The summed E-state index contributed by atoms with van der Waals surface area (Å²) in [7, 11) is 2.15. The molecule has 5 heteroatoms. The zero-order valence-corrected chi connectivity index (χ0v) is 10.4. The molecule has 0 bridgehead atoms. The minimum Gasteiger partial charge on any atom is -0.306 e. The number of carbonyl (C=O) groups is 1. The van der Waals surface area contributed by atoms with E-state index in [-0.39, 0.29) is 0 Å². The highest BCUT2D eigenvalue weighted by atomic mass is 16.1. The van der Waals surface area contributed by atoms with Gasteiger partial charge in [-0.2, -0.15) is 0 Å². The maximum Gasteiger partial charge on any atom is 0.171 e. The first-order chi connectivity index (χ1) is 8.78. The van der Waals surface area contributed by atoms with Crippen molar-refractivity contribution in [3.63, 3.8) is 0 Å². The zero-order chi connectivity index (χ0) is 12.5. The Morgan fingerprint density at radius 3 is 3.11 bits per heavy atom. The third-order valence-corrected chi connectivity index (χ3v) is 3.62. The zero-order valence-electron chi connectivity index (χ0n) is 10.4. The molecule has 0 spiro atoms. The van der Waals surface area contributed by atoms with Crippen molar-refractivity contribution in [3.8, 4) is 0 Å². The SMILES string of the molecule is CN1CCC(Cc2nnc3c(C=O)cccn23)C1. The predicted octanol–water partition coefficient (Wildman–Crippen LogP) is 1.04. The highest BCUT2D eigenvalue weighted by Crippen LogP contribution is 2.19. The standard InChI is InChI=1S/C13H16N4O/c1-16-6-4-10(8-16)7-12-14-15-13-11(9-18)3-2-5-17(12)13/h2-3,5,9-10H,4,6-8H2,1H3. The molecule has 0 aromatic carbocycles. The quantitative estimate of drug-likeness (QED) is 0.757. The van der Waals surface area contributed by atoms with Gasteiger partial charge in [0.05, 0.1) is 5.56 Å². The predicted molar refractivity (Wildman–Crippen MR) is 67.7 cm³/mol. The first-order valence-electron chi connectivity index (χ1n) is 6.24. The van der Waals surface area contributed by atoms with Gasteiger partial charge < -0.3 is 4.90 Å². The third-order valence-electron chi connectivity index (χ3n) is 3.62. The van der Waals surface area contributed by atoms with E-state index in [1.807, 2.05) is 16.7 Å². The van der Waals surface area contributed by atoms with Crippen LogP contribution in [0.5, 0.6) is 0 Å². The fraction of sp³-hybridized carbons (Fsp3) is 0.462. The number of fused-ring (bicyclic) bond motifs is 1. The third kappa shape index (κ3) is 1.90. The van der Waals surface area contributed by atoms with E-state index in [2.05, 4.69) is 22.1 Å². The van der Waals surface area contributed by atoms with Crippen LogP contribution in [-0.2, 0) is 6.42 Å². The largest absolute Gasteiger partial charge is 0.306 e. The van der Waals surface area contributed by atoms with Crippen LogP contribution in [0.4, 0.5) is 0 Å². The maximum atomic E-state index is 10.9. The lowest BCUT2D eigenvalue weighted by molar-refractivity contribution is 0.112. The average Bonchev–Trinajstić information content (AvgIpc) is 2.97. The van der Waals surface area contributed by atoms with E-state index in [1.54, 1.807) is 6.07 Å². The van der Waals surface area contributed by atoms with E-state index < -0.39 is 0 Å². The number of carbonyl (C=O) groups excluding carboxylic acids is 1. The monoisotopic (exact) mass is 244 g/mol. The molecule has 18 heavy (non-hydrogen) atoms. The molecule has 0 N–H and O–H groups in total. The Morgan fingerprint density at radius 2 is 2.39 bits per heavy atom. The van der Waals surface area contributed by atoms with E-state index in [4.69, 9.17) is 0 Å². The summed E-state index contributed by atoms with van der Waals surface area (Å²) in [4.78, 5) is 13.3. The van der Waals surface area contributed by atoms with E-state index in [1.165, 1.54) is 6.42 Å². The van der Waals surface area contributed by atoms with Gasteiger partial charge in [0.15, 0.2) is 11.9 Å². The molecule has 1 aliphatic rings. The van der Waals surface area contributed by atoms with Crippen molar-refractivity contribution in [2.45, 2.75) is 12.8 Å².